The summed E-state index contributed by atoms with van der Waals surface area (Å²) in [6.45, 7) is 7.10. The molecule has 8 heteroatoms. The highest BCUT2D eigenvalue weighted by Gasteiger charge is 2.32. The van der Waals surface area contributed by atoms with E-state index in [9.17, 15) is 18.0 Å². The topological polar surface area (TPSA) is 105 Å². The minimum absolute atomic E-state index is 0.135. The summed E-state index contributed by atoms with van der Waals surface area (Å²) in [7, 11) is -3.85. The highest BCUT2D eigenvalue weighted by molar-refractivity contribution is 7.91. The second-order valence-electron chi connectivity index (χ2n) is 6.79. The van der Waals surface area contributed by atoms with E-state index in [4.69, 9.17) is 4.42 Å². The molecule has 0 aliphatic heterocycles. The van der Waals surface area contributed by atoms with Crippen LogP contribution in [0, 0.1) is 13.8 Å². The number of aryl methyl sites for hydroxylation is 2. The van der Waals surface area contributed by atoms with Gasteiger partial charge in [0.15, 0.2) is 9.84 Å². The van der Waals surface area contributed by atoms with E-state index in [-0.39, 0.29) is 23.2 Å². The van der Waals surface area contributed by atoms with E-state index in [1.54, 1.807) is 25.1 Å². The third kappa shape index (κ3) is 5.01. The fourth-order valence-electron chi connectivity index (χ4n) is 2.55. The van der Waals surface area contributed by atoms with E-state index >= 15 is 0 Å². The molecule has 2 atom stereocenters. The van der Waals surface area contributed by atoms with Crippen molar-refractivity contribution in [3.05, 3.63) is 53.5 Å². The van der Waals surface area contributed by atoms with Crippen molar-refractivity contribution in [1.29, 1.82) is 0 Å². The maximum Gasteiger partial charge on any atom is 0.309 e. The molecule has 1 aromatic heterocycles. The smallest absolute Gasteiger partial charge is 0.309 e. The van der Waals surface area contributed by atoms with Crippen molar-refractivity contribution >= 4 is 21.7 Å². The zero-order valence-electron chi connectivity index (χ0n) is 16.5. The standard InChI is InChI=1S/C20H26N2O5S/c1-5-15(4)22-20(24)19(23)21-12-18(17-7-6-10-27-17)28(25,26)16-9-8-13(2)14(3)11-16/h6-11,15,18H,5,12H2,1-4H3,(H,21,23)(H,22,24)/t15-,18+/m0/s1. The van der Waals surface area contributed by atoms with Gasteiger partial charge in [-0.1, -0.05) is 13.0 Å². The fraction of sp³-hybridized carbons (Fsp3) is 0.400. The maximum absolute atomic E-state index is 13.2. The average molecular weight is 407 g/mol. The Kier molecular flexibility index (Phi) is 7.01. The molecular formula is C20H26N2O5S. The molecule has 1 heterocycles. The van der Waals surface area contributed by atoms with Crippen LogP contribution in [0.25, 0.3) is 0 Å². The molecule has 0 aliphatic rings. The molecular weight excluding hydrogens is 380 g/mol. The Balaban J connectivity index is 2.25. The first-order valence-electron chi connectivity index (χ1n) is 9.10. The van der Waals surface area contributed by atoms with Crippen molar-refractivity contribution in [2.75, 3.05) is 6.54 Å². The van der Waals surface area contributed by atoms with E-state index in [1.807, 2.05) is 20.8 Å². The molecule has 2 aromatic rings. The minimum atomic E-state index is -3.85. The Morgan fingerprint density at radius 1 is 1.11 bits per heavy atom. The second kappa shape index (κ2) is 9.05. The van der Waals surface area contributed by atoms with Gasteiger partial charge in [0.05, 0.1) is 11.2 Å². The number of hydrogen-bond donors (Lipinski definition) is 2. The van der Waals surface area contributed by atoms with Crippen LogP contribution in [0.15, 0.2) is 45.9 Å². The molecule has 0 saturated carbocycles. The number of benzene rings is 1. The van der Waals surface area contributed by atoms with E-state index in [0.29, 0.717) is 6.42 Å². The molecule has 28 heavy (non-hydrogen) atoms. The number of carbonyl (C=O) groups excluding carboxylic acids is 2. The van der Waals surface area contributed by atoms with E-state index < -0.39 is 26.9 Å². The Morgan fingerprint density at radius 2 is 1.82 bits per heavy atom. The monoisotopic (exact) mass is 406 g/mol. The van der Waals surface area contributed by atoms with Crippen molar-refractivity contribution in [1.82, 2.24) is 10.6 Å². The summed E-state index contributed by atoms with van der Waals surface area (Å²) in [6.07, 6.45) is 2.05. The third-order valence-corrected chi connectivity index (χ3v) is 6.75. The molecule has 0 aliphatic carbocycles. The summed E-state index contributed by atoms with van der Waals surface area (Å²) in [5, 5.41) is 3.81. The Bertz CT molecular complexity index is 936. The Labute approximate surface area is 165 Å². The molecule has 152 valence electrons. The highest BCUT2D eigenvalue weighted by Crippen LogP contribution is 2.29. The molecule has 0 spiro atoms. The Morgan fingerprint density at radius 3 is 2.39 bits per heavy atom. The van der Waals surface area contributed by atoms with E-state index in [0.717, 1.165) is 11.1 Å². The SMILES string of the molecule is CC[C@H](C)NC(=O)C(=O)NC[C@H](c1ccco1)S(=O)(=O)c1ccc(C)c(C)c1. The van der Waals surface area contributed by atoms with Gasteiger partial charge in [-0.25, -0.2) is 8.42 Å². The summed E-state index contributed by atoms with van der Waals surface area (Å²) < 4.78 is 31.7. The van der Waals surface area contributed by atoms with E-state index in [1.165, 1.54) is 18.4 Å². The molecule has 2 rings (SSSR count). The predicted molar refractivity (Wildman–Crippen MR) is 105 cm³/mol. The first kappa shape index (κ1) is 21.7. The van der Waals surface area contributed by atoms with Crippen LogP contribution in [0.1, 0.15) is 42.4 Å². The summed E-state index contributed by atoms with van der Waals surface area (Å²) >= 11 is 0. The molecule has 0 unspecified atom stereocenters. The molecule has 0 bridgehead atoms. The Hall–Kier alpha value is -2.61. The van der Waals surface area contributed by atoms with Gasteiger partial charge in [0.2, 0.25) is 0 Å². The molecule has 2 amide bonds. The number of amides is 2. The number of furan rings is 1. The lowest BCUT2D eigenvalue weighted by molar-refractivity contribution is -0.139. The quantitative estimate of drug-likeness (QED) is 0.687. The normalized spacial score (nSPS) is 13.6. The largest absolute Gasteiger partial charge is 0.468 e. The van der Waals surface area contributed by atoms with Crippen molar-refractivity contribution in [2.45, 2.75) is 50.3 Å². The summed E-state index contributed by atoms with van der Waals surface area (Å²) in [5.41, 5.74) is 1.82. The van der Waals surface area contributed by atoms with Gasteiger partial charge >= 0.3 is 11.8 Å². The van der Waals surface area contributed by atoms with Crippen LogP contribution in [0.4, 0.5) is 0 Å². The molecule has 0 saturated heterocycles. The van der Waals surface area contributed by atoms with Gasteiger partial charge in [0.1, 0.15) is 11.0 Å². The summed E-state index contributed by atoms with van der Waals surface area (Å²) in [4.78, 5) is 24.1. The van der Waals surface area contributed by atoms with Gasteiger partial charge in [-0.2, -0.15) is 0 Å². The van der Waals surface area contributed by atoms with E-state index in [2.05, 4.69) is 10.6 Å². The third-order valence-electron chi connectivity index (χ3n) is 4.69. The highest BCUT2D eigenvalue weighted by atomic mass is 32.2. The summed E-state index contributed by atoms with van der Waals surface area (Å²) in [6, 6.07) is 7.82. The number of hydrogen-bond acceptors (Lipinski definition) is 5. The lowest BCUT2D eigenvalue weighted by atomic mass is 10.1. The number of sulfone groups is 1. The van der Waals surface area contributed by atoms with Gasteiger partial charge in [-0.15, -0.1) is 0 Å². The van der Waals surface area contributed by atoms with Crippen molar-refractivity contribution in [3.63, 3.8) is 0 Å². The number of carbonyl (C=O) groups is 2. The molecule has 7 nitrogen and oxygen atoms in total. The average Bonchev–Trinajstić information content (AvgIpc) is 3.17. The number of nitrogens with one attached hydrogen (secondary N) is 2. The van der Waals surface area contributed by atoms with Crippen LogP contribution in [-0.4, -0.2) is 32.8 Å². The van der Waals surface area contributed by atoms with Crippen molar-refractivity contribution in [3.8, 4) is 0 Å². The molecule has 0 fully saturated rings. The first-order valence-corrected chi connectivity index (χ1v) is 10.6. The zero-order chi connectivity index (χ0) is 20.9. The first-order chi connectivity index (χ1) is 13.2. The van der Waals surface area contributed by atoms with Gasteiger partial charge in [-0.3, -0.25) is 9.59 Å². The van der Waals surface area contributed by atoms with Crippen LogP contribution >= 0.6 is 0 Å². The van der Waals surface area contributed by atoms with Crippen LogP contribution in [0.5, 0.6) is 0 Å². The second-order valence-corrected chi connectivity index (χ2v) is 8.92. The number of rotatable bonds is 7. The van der Waals surface area contributed by atoms with Crippen LogP contribution < -0.4 is 10.6 Å². The zero-order valence-corrected chi connectivity index (χ0v) is 17.3. The van der Waals surface area contributed by atoms with Crippen LogP contribution in [0.2, 0.25) is 0 Å². The van der Waals surface area contributed by atoms with Gasteiger partial charge in [-0.05, 0) is 62.6 Å². The van der Waals surface area contributed by atoms with Crippen molar-refractivity contribution in [2.24, 2.45) is 0 Å². The van der Waals surface area contributed by atoms with Crippen molar-refractivity contribution < 1.29 is 22.4 Å². The maximum atomic E-state index is 13.2. The van der Waals surface area contributed by atoms with Gasteiger partial charge < -0.3 is 15.1 Å². The molecule has 2 N–H and O–H groups in total. The summed E-state index contributed by atoms with van der Waals surface area (Å²) in [5.74, 6) is -1.48. The lowest BCUT2D eigenvalue weighted by Gasteiger charge is -2.18. The van der Waals surface area contributed by atoms with Gasteiger partial charge in [0, 0.05) is 12.6 Å². The predicted octanol–water partition coefficient (Wildman–Crippen LogP) is 2.44. The molecule has 0 radical (unpaired) electrons. The molecule has 1 aromatic carbocycles. The van der Waals surface area contributed by atoms with Gasteiger partial charge in [0.25, 0.3) is 0 Å². The fourth-order valence-corrected chi connectivity index (χ4v) is 4.22. The minimum Gasteiger partial charge on any atom is -0.468 e. The van der Waals surface area contributed by atoms with Crippen LogP contribution in [-0.2, 0) is 19.4 Å². The van der Waals surface area contributed by atoms with Crippen LogP contribution in [0.3, 0.4) is 0 Å². The lowest BCUT2D eigenvalue weighted by Crippen LogP contribution is -2.45.